The second kappa shape index (κ2) is 6.34. The molecule has 1 atom stereocenters. The van der Waals surface area contributed by atoms with Gasteiger partial charge < -0.3 is 14.8 Å². The summed E-state index contributed by atoms with van der Waals surface area (Å²) < 4.78 is 57.2. The zero-order valence-corrected chi connectivity index (χ0v) is 14.2. The molecule has 4 rings (SSSR count). The molecule has 0 spiro atoms. The number of nitrogens with one attached hydrogen (secondary N) is 1. The van der Waals surface area contributed by atoms with Crippen LogP contribution in [0.3, 0.4) is 0 Å². The van der Waals surface area contributed by atoms with Crippen LogP contribution >= 0.6 is 0 Å². The van der Waals surface area contributed by atoms with Gasteiger partial charge in [0.15, 0.2) is 23.3 Å². The molecule has 2 aliphatic rings. The zero-order chi connectivity index (χ0) is 18.4. The van der Waals surface area contributed by atoms with Crippen LogP contribution in [0.2, 0.25) is 0 Å². The first-order valence-corrected chi connectivity index (χ1v) is 8.45. The van der Waals surface area contributed by atoms with Gasteiger partial charge in [-0.25, -0.2) is 22.5 Å². The van der Waals surface area contributed by atoms with Crippen LogP contribution in [-0.2, 0) is 13.5 Å². The number of fused-ring (bicyclic) bond motifs is 1. The number of allylic oxidation sites excluding steroid dienone is 2. The van der Waals surface area contributed by atoms with Gasteiger partial charge in [0.1, 0.15) is 5.82 Å². The van der Waals surface area contributed by atoms with E-state index in [1.807, 2.05) is 22.7 Å². The van der Waals surface area contributed by atoms with E-state index in [2.05, 4.69) is 10.3 Å². The second-order valence-electron chi connectivity index (χ2n) is 6.72. The molecule has 1 aromatic carbocycles. The summed E-state index contributed by atoms with van der Waals surface area (Å²) in [6, 6.07) is 0.253. The summed E-state index contributed by atoms with van der Waals surface area (Å²) in [4.78, 5) is 6.26. The molecule has 1 fully saturated rings. The van der Waals surface area contributed by atoms with Crippen molar-refractivity contribution >= 4 is 0 Å². The van der Waals surface area contributed by atoms with Gasteiger partial charge in [-0.2, -0.15) is 0 Å². The van der Waals surface area contributed by atoms with Crippen LogP contribution in [0.1, 0.15) is 30.1 Å². The maximum absolute atomic E-state index is 14.1. The van der Waals surface area contributed by atoms with E-state index in [4.69, 9.17) is 0 Å². The quantitative estimate of drug-likeness (QED) is 0.667. The van der Waals surface area contributed by atoms with Crippen LogP contribution < -0.4 is 5.32 Å². The lowest BCUT2D eigenvalue weighted by atomic mass is 9.95. The molecule has 4 nitrogen and oxygen atoms in total. The second-order valence-corrected chi connectivity index (χ2v) is 6.72. The average Bonchev–Trinajstić information content (AvgIpc) is 3.28. The summed E-state index contributed by atoms with van der Waals surface area (Å²) in [6.07, 6.45) is 5.39. The summed E-state index contributed by atoms with van der Waals surface area (Å²) in [6.45, 7) is 0.855. The van der Waals surface area contributed by atoms with Crippen LogP contribution in [0.15, 0.2) is 29.9 Å². The third kappa shape index (κ3) is 2.73. The van der Waals surface area contributed by atoms with Crippen molar-refractivity contribution in [3.63, 3.8) is 0 Å². The van der Waals surface area contributed by atoms with E-state index in [1.165, 1.54) is 0 Å². The van der Waals surface area contributed by atoms with Gasteiger partial charge in [0.2, 0.25) is 0 Å². The van der Waals surface area contributed by atoms with Crippen molar-refractivity contribution in [1.29, 1.82) is 0 Å². The molecule has 8 heteroatoms. The Labute approximate surface area is 148 Å². The molecule has 26 heavy (non-hydrogen) atoms. The predicted octanol–water partition coefficient (Wildman–Crippen LogP) is 3.17. The van der Waals surface area contributed by atoms with Crippen LogP contribution in [0.5, 0.6) is 0 Å². The Morgan fingerprint density at radius 3 is 2.54 bits per heavy atom. The molecule has 0 unspecified atom stereocenters. The van der Waals surface area contributed by atoms with E-state index in [9.17, 15) is 17.6 Å². The fraction of sp³-hybridized carbons (Fsp3) is 0.389. The molecule has 1 N–H and O–H groups in total. The number of imidazole rings is 1. The summed E-state index contributed by atoms with van der Waals surface area (Å²) in [5.74, 6) is -4.96. The van der Waals surface area contributed by atoms with Gasteiger partial charge in [0.25, 0.3) is 0 Å². The molecule has 2 aliphatic heterocycles. The Kier molecular flexibility index (Phi) is 4.13. The van der Waals surface area contributed by atoms with E-state index < -0.39 is 34.8 Å². The van der Waals surface area contributed by atoms with E-state index in [0.717, 1.165) is 23.6 Å². The number of benzene rings is 1. The highest BCUT2D eigenvalue weighted by atomic mass is 19.2. The minimum absolute atomic E-state index is 0.253. The fourth-order valence-electron chi connectivity index (χ4n) is 3.82. The SMILES string of the molecule is Cn1ccnc1CCC1=C2C[C@H](c3c(F)c(F)cc(F)c3F)CN2CN1. The van der Waals surface area contributed by atoms with Gasteiger partial charge in [0, 0.05) is 61.3 Å². The van der Waals surface area contributed by atoms with Crippen molar-refractivity contribution in [2.75, 3.05) is 13.2 Å². The molecule has 3 heterocycles. The summed E-state index contributed by atoms with van der Waals surface area (Å²) in [5.41, 5.74) is 1.45. The Bertz CT molecular complexity index is 863. The molecule has 2 aromatic rings. The first kappa shape index (κ1) is 16.9. The Hall–Kier alpha value is -2.51. The molecule has 0 aliphatic carbocycles. The molecule has 1 saturated heterocycles. The Morgan fingerprint density at radius 2 is 1.88 bits per heavy atom. The number of rotatable bonds is 4. The number of hydrogen-bond donors (Lipinski definition) is 1. The molecule has 0 radical (unpaired) electrons. The smallest absolute Gasteiger partial charge is 0.165 e. The standard InChI is InChI=1S/C18H18F4N4/c1-25-5-4-23-15(25)3-2-13-14-6-10(8-26(14)9-24-13)16-17(21)11(19)7-12(20)18(16)22/h4-5,7,10,24H,2-3,6,8-9H2,1H3/t10-/m0/s1. The number of aromatic nitrogens is 2. The topological polar surface area (TPSA) is 33.1 Å². The predicted molar refractivity (Wildman–Crippen MR) is 86.9 cm³/mol. The maximum atomic E-state index is 14.1. The van der Waals surface area contributed by atoms with E-state index in [-0.39, 0.29) is 6.07 Å². The minimum atomic E-state index is -1.35. The fourth-order valence-corrected chi connectivity index (χ4v) is 3.82. The van der Waals surface area contributed by atoms with E-state index in [1.54, 1.807) is 6.20 Å². The van der Waals surface area contributed by atoms with Gasteiger partial charge in [-0.1, -0.05) is 0 Å². The minimum Gasteiger partial charge on any atom is -0.370 e. The highest BCUT2D eigenvalue weighted by Gasteiger charge is 2.37. The van der Waals surface area contributed by atoms with Gasteiger partial charge >= 0.3 is 0 Å². The Balaban J connectivity index is 1.57. The molecule has 0 amide bonds. The molecule has 1 aromatic heterocycles. The number of aryl methyl sites for hydroxylation is 2. The largest absolute Gasteiger partial charge is 0.370 e. The van der Waals surface area contributed by atoms with Gasteiger partial charge in [0.05, 0.1) is 6.67 Å². The number of halogens is 4. The van der Waals surface area contributed by atoms with Gasteiger partial charge in [-0.15, -0.1) is 0 Å². The molecule has 0 bridgehead atoms. The summed E-state index contributed by atoms with van der Waals surface area (Å²) in [7, 11) is 1.92. The normalized spacial score (nSPS) is 19.3. The monoisotopic (exact) mass is 366 g/mol. The van der Waals surface area contributed by atoms with E-state index >= 15 is 0 Å². The van der Waals surface area contributed by atoms with Crippen molar-refractivity contribution in [3.8, 4) is 0 Å². The summed E-state index contributed by atoms with van der Waals surface area (Å²) in [5, 5.41) is 3.30. The third-order valence-electron chi connectivity index (χ3n) is 5.17. The van der Waals surface area contributed by atoms with Crippen molar-refractivity contribution in [2.45, 2.75) is 25.2 Å². The molecule has 0 saturated carbocycles. The zero-order valence-electron chi connectivity index (χ0n) is 14.2. The average molecular weight is 366 g/mol. The summed E-state index contributed by atoms with van der Waals surface area (Å²) >= 11 is 0. The first-order valence-electron chi connectivity index (χ1n) is 8.45. The van der Waals surface area contributed by atoms with Crippen LogP contribution in [0, 0.1) is 23.3 Å². The van der Waals surface area contributed by atoms with Crippen molar-refractivity contribution in [1.82, 2.24) is 19.8 Å². The molecule has 138 valence electrons. The van der Waals surface area contributed by atoms with Gasteiger partial charge in [-0.3, -0.25) is 0 Å². The Morgan fingerprint density at radius 1 is 1.15 bits per heavy atom. The number of nitrogens with zero attached hydrogens (tertiary/aromatic N) is 3. The van der Waals surface area contributed by atoms with Crippen molar-refractivity contribution < 1.29 is 17.6 Å². The van der Waals surface area contributed by atoms with Crippen LogP contribution in [0.25, 0.3) is 0 Å². The number of hydrogen-bond acceptors (Lipinski definition) is 3. The lowest BCUT2D eigenvalue weighted by Crippen LogP contribution is -2.23. The third-order valence-corrected chi connectivity index (χ3v) is 5.17. The molecular formula is C18H18F4N4. The first-order chi connectivity index (χ1) is 12.5. The maximum Gasteiger partial charge on any atom is 0.165 e. The lowest BCUT2D eigenvalue weighted by molar-refractivity contribution is 0.383. The highest BCUT2D eigenvalue weighted by molar-refractivity contribution is 5.33. The van der Waals surface area contributed by atoms with Crippen LogP contribution in [-0.4, -0.2) is 27.7 Å². The lowest BCUT2D eigenvalue weighted by Gasteiger charge is -2.16. The van der Waals surface area contributed by atoms with E-state index in [0.29, 0.717) is 26.1 Å². The molecular weight excluding hydrogens is 348 g/mol. The van der Waals surface area contributed by atoms with Crippen LogP contribution in [0.4, 0.5) is 17.6 Å². The van der Waals surface area contributed by atoms with Crippen molar-refractivity contribution in [2.24, 2.45) is 7.05 Å². The van der Waals surface area contributed by atoms with Gasteiger partial charge in [-0.05, 0) is 12.8 Å². The van der Waals surface area contributed by atoms with Crippen molar-refractivity contribution in [3.05, 3.63) is 64.5 Å². The highest BCUT2D eigenvalue weighted by Crippen LogP contribution is 2.40.